The van der Waals surface area contributed by atoms with Gasteiger partial charge in [0.2, 0.25) is 0 Å². The molecule has 19 atom stereocenters. The lowest BCUT2D eigenvalue weighted by molar-refractivity contribution is -0.318. The SMILES string of the molecule is C=C1CO[C@H]2[C@@H](C)N(C1)C[C@H](C)C[C@@](C)(O)[C@H](O[C@@H]1O[C@H](C)C[C@H](N(C)C)[C@H]1O)[C@H](C)[C@@H](O[C@H]1C[C@@](C)(OC)[C@@H](O)[C@H](C)O1)[C@@H](C)C(=O)O[C@@H](CC)[C@@]2(C)O. The van der Waals surface area contributed by atoms with Gasteiger partial charge in [0.05, 0.1) is 48.1 Å². The first-order valence-electron chi connectivity index (χ1n) is 20.3. The summed E-state index contributed by atoms with van der Waals surface area (Å²) < 4.78 is 44.4. The van der Waals surface area contributed by atoms with Crippen LogP contribution in [0.4, 0.5) is 0 Å². The summed E-state index contributed by atoms with van der Waals surface area (Å²) in [4.78, 5) is 18.6. The van der Waals surface area contributed by atoms with Crippen molar-refractivity contribution in [3.63, 3.8) is 0 Å². The minimum absolute atomic E-state index is 0.105. The van der Waals surface area contributed by atoms with Gasteiger partial charge in [0, 0.05) is 44.6 Å². The Kier molecular flexibility index (Phi) is 15.5. The van der Waals surface area contributed by atoms with Gasteiger partial charge in [0.1, 0.15) is 30.0 Å². The molecule has 1 unspecified atom stereocenters. The zero-order valence-corrected chi connectivity index (χ0v) is 35.8. The number of aliphatic hydroxyl groups is 4. The van der Waals surface area contributed by atoms with Crippen LogP contribution in [0.5, 0.6) is 0 Å². The Bertz CT molecular complexity index is 1280. The summed E-state index contributed by atoms with van der Waals surface area (Å²) in [7, 11) is 5.32. The zero-order chi connectivity index (χ0) is 41.4. The van der Waals surface area contributed by atoms with E-state index in [0.717, 1.165) is 5.57 Å². The molecule has 2 bridgehead atoms. The Labute approximate surface area is 329 Å². The highest BCUT2D eigenvalue weighted by molar-refractivity contribution is 5.73. The molecular weight excluding hydrogens is 712 g/mol. The fourth-order valence-corrected chi connectivity index (χ4v) is 9.65. The molecule has 55 heavy (non-hydrogen) atoms. The molecule has 0 spiro atoms. The van der Waals surface area contributed by atoms with E-state index < -0.39 is 89.9 Å². The van der Waals surface area contributed by atoms with Crippen LogP contribution in [0.1, 0.15) is 94.9 Å². The quantitative estimate of drug-likeness (QED) is 0.220. The van der Waals surface area contributed by atoms with Gasteiger partial charge in [-0.25, -0.2) is 0 Å². The van der Waals surface area contributed by atoms with Crippen molar-refractivity contribution >= 4 is 5.97 Å². The van der Waals surface area contributed by atoms with Gasteiger partial charge in [-0.2, -0.15) is 0 Å². The molecule has 4 aliphatic heterocycles. The van der Waals surface area contributed by atoms with Crippen LogP contribution in [-0.2, 0) is 38.0 Å². The number of methoxy groups -OCH3 is 1. The van der Waals surface area contributed by atoms with Crippen molar-refractivity contribution in [2.75, 3.05) is 40.9 Å². The largest absolute Gasteiger partial charge is 0.459 e. The number of hydrogen-bond acceptors (Lipinski definition) is 14. The van der Waals surface area contributed by atoms with E-state index in [2.05, 4.69) is 18.4 Å². The molecule has 0 saturated carbocycles. The zero-order valence-electron chi connectivity index (χ0n) is 35.8. The van der Waals surface area contributed by atoms with Crippen LogP contribution in [0.2, 0.25) is 0 Å². The Morgan fingerprint density at radius 2 is 1.65 bits per heavy atom. The minimum Gasteiger partial charge on any atom is -0.459 e. The second kappa shape index (κ2) is 18.3. The lowest BCUT2D eigenvalue weighted by Gasteiger charge is -2.48. The number of ether oxygens (including phenoxy) is 7. The molecule has 4 aliphatic rings. The lowest BCUT2D eigenvalue weighted by atomic mass is 9.77. The molecule has 0 amide bonds. The highest BCUT2D eigenvalue weighted by atomic mass is 16.7. The first kappa shape index (κ1) is 46.4. The third-order valence-electron chi connectivity index (χ3n) is 12.9. The molecular formula is C41H74N2O12. The van der Waals surface area contributed by atoms with Gasteiger partial charge in [-0.1, -0.05) is 27.4 Å². The van der Waals surface area contributed by atoms with E-state index in [9.17, 15) is 25.2 Å². The van der Waals surface area contributed by atoms with Crippen molar-refractivity contribution in [2.45, 2.75) is 185 Å². The Hall–Kier alpha value is -1.27. The number of esters is 1. The summed E-state index contributed by atoms with van der Waals surface area (Å²) in [5.74, 6) is -2.43. The topological polar surface area (TPSA) is 169 Å². The van der Waals surface area contributed by atoms with Gasteiger partial charge in [0.25, 0.3) is 0 Å². The average Bonchev–Trinajstić information content (AvgIpc) is 3.23. The number of cyclic esters (lactones) is 1. The second-order valence-electron chi connectivity index (χ2n) is 18.2. The monoisotopic (exact) mass is 787 g/mol. The van der Waals surface area contributed by atoms with Gasteiger partial charge < -0.3 is 58.5 Å². The molecule has 320 valence electrons. The van der Waals surface area contributed by atoms with Crippen LogP contribution in [0, 0.1) is 17.8 Å². The van der Waals surface area contributed by atoms with Gasteiger partial charge in [-0.3, -0.25) is 9.69 Å². The van der Waals surface area contributed by atoms with Gasteiger partial charge >= 0.3 is 5.97 Å². The second-order valence-corrected chi connectivity index (χ2v) is 18.2. The van der Waals surface area contributed by atoms with Gasteiger partial charge in [-0.15, -0.1) is 0 Å². The molecule has 0 aliphatic carbocycles. The Morgan fingerprint density at radius 1 is 1.00 bits per heavy atom. The molecule has 14 nitrogen and oxygen atoms in total. The number of likely N-dealkylation sites (N-methyl/N-ethyl adjacent to an activating group) is 1. The predicted molar refractivity (Wildman–Crippen MR) is 206 cm³/mol. The molecule has 4 fully saturated rings. The summed E-state index contributed by atoms with van der Waals surface area (Å²) in [5, 5.41) is 47.5. The van der Waals surface area contributed by atoms with E-state index in [4.69, 9.17) is 33.2 Å². The first-order valence-corrected chi connectivity index (χ1v) is 20.3. The van der Waals surface area contributed by atoms with E-state index in [1.54, 1.807) is 34.6 Å². The molecule has 4 saturated heterocycles. The standard InChI is InChI=1S/C41H74N2O12/c1-15-30-41(11,48)36-27(7)43(20-23(3)21-50-36)19-22(2)17-39(9,47)35(55-38-32(44)29(42(12)13)16-24(4)51-38)25(5)33(26(6)37(46)53-30)54-31-18-40(10,49-14)34(45)28(8)52-31/h22,24-36,38,44-45,47-48H,3,15-21H2,1-2,4-14H3/t22-,24-,25-,26-,27-,28+,29+,30+,31+,32-,33-,34+,35-,36+,38+,39-,40-,41-/m1/s1. The Balaban J connectivity index is 1.84. The van der Waals surface area contributed by atoms with Crippen molar-refractivity contribution in [2.24, 2.45) is 17.8 Å². The summed E-state index contributed by atoms with van der Waals surface area (Å²) >= 11 is 0. The maximum absolute atomic E-state index is 14.4. The van der Waals surface area contributed by atoms with Crippen LogP contribution < -0.4 is 0 Å². The van der Waals surface area contributed by atoms with E-state index in [-0.39, 0.29) is 43.6 Å². The van der Waals surface area contributed by atoms with Crippen LogP contribution in [0.15, 0.2) is 12.2 Å². The maximum Gasteiger partial charge on any atom is 0.311 e. The number of rotatable bonds is 7. The van der Waals surface area contributed by atoms with Gasteiger partial charge in [0.15, 0.2) is 12.6 Å². The number of aliphatic hydroxyl groups excluding tert-OH is 2. The third kappa shape index (κ3) is 10.3. The summed E-state index contributed by atoms with van der Waals surface area (Å²) in [6.07, 6.45) is -7.28. The molecule has 0 aromatic heterocycles. The number of nitrogens with zero attached hydrogens (tertiary/aromatic N) is 2. The lowest BCUT2D eigenvalue weighted by Crippen LogP contribution is -2.60. The Morgan fingerprint density at radius 3 is 2.25 bits per heavy atom. The number of fused-ring (bicyclic) bond motifs is 2. The molecule has 0 radical (unpaired) electrons. The van der Waals surface area contributed by atoms with Gasteiger partial charge in [-0.05, 0) is 93.3 Å². The van der Waals surface area contributed by atoms with Crippen molar-refractivity contribution in [1.82, 2.24) is 9.80 Å². The normalized spacial score (nSPS) is 49.8. The van der Waals surface area contributed by atoms with Crippen molar-refractivity contribution in [3.05, 3.63) is 12.2 Å². The molecule has 4 rings (SSSR count). The predicted octanol–water partition coefficient (Wildman–Crippen LogP) is 2.87. The smallest absolute Gasteiger partial charge is 0.311 e. The van der Waals surface area contributed by atoms with E-state index in [1.807, 2.05) is 46.7 Å². The summed E-state index contributed by atoms with van der Waals surface area (Å²) in [5.41, 5.74) is -3.29. The molecule has 0 aromatic carbocycles. The van der Waals surface area contributed by atoms with Crippen LogP contribution in [-0.4, -0.2) is 167 Å². The number of hydrogen-bond donors (Lipinski definition) is 4. The molecule has 4 heterocycles. The fraction of sp³-hybridized carbons (Fsp3) is 0.927. The van der Waals surface area contributed by atoms with Crippen molar-refractivity contribution in [1.29, 1.82) is 0 Å². The summed E-state index contributed by atoms with van der Waals surface area (Å²) in [6, 6.07) is -0.567. The molecule has 0 aromatic rings. The van der Waals surface area contributed by atoms with Crippen LogP contribution >= 0.6 is 0 Å². The van der Waals surface area contributed by atoms with Crippen molar-refractivity contribution in [3.8, 4) is 0 Å². The number of carbonyl (C=O) groups excluding carboxylic acids is 1. The molecule has 4 N–H and O–H groups in total. The third-order valence-corrected chi connectivity index (χ3v) is 12.9. The summed E-state index contributed by atoms with van der Waals surface area (Å²) in [6.45, 7) is 23.8. The molecule has 14 heteroatoms. The minimum atomic E-state index is -1.58. The van der Waals surface area contributed by atoms with Crippen LogP contribution in [0.25, 0.3) is 0 Å². The van der Waals surface area contributed by atoms with E-state index in [0.29, 0.717) is 25.9 Å². The number of carbonyl (C=O) groups is 1. The fourth-order valence-electron chi connectivity index (χ4n) is 9.65. The van der Waals surface area contributed by atoms with Crippen LogP contribution in [0.3, 0.4) is 0 Å². The van der Waals surface area contributed by atoms with E-state index >= 15 is 0 Å². The average molecular weight is 787 g/mol. The highest BCUT2D eigenvalue weighted by Gasteiger charge is 2.53. The first-order chi connectivity index (χ1) is 25.5. The maximum atomic E-state index is 14.4. The van der Waals surface area contributed by atoms with E-state index in [1.165, 1.54) is 7.11 Å². The van der Waals surface area contributed by atoms with Crippen molar-refractivity contribution < 1.29 is 58.4 Å². The highest BCUT2D eigenvalue weighted by Crippen LogP contribution is 2.40.